The SMILES string of the molecule is CC1(C)Oc2ccccc2C(=O)N1CCOc1ccc(CC2NC(=O)SC2=O)cc1. The summed E-state index contributed by atoms with van der Waals surface area (Å²) >= 11 is 0.715. The molecule has 1 N–H and O–H groups in total. The molecule has 1 unspecified atom stereocenters. The van der Waals surface area contributed by atoms with Gasteiger partial charge < -0.3 is 14.8 Å². The lowest BCUT2D eigenvalue weighted by Gasteiger charge is -2.42. The molecule has 4 rings (SSSR count). The highest BCUT2D eigenvalue weighted by atomic mass is 32.2. The van der Waals surface area contributed by atoms with Crippen LogP contribution in [-0.4, -0.2) is 46.1 Å². The van der Waals surface area contributed by atoms with Crippen LogP contribution in [0.2, 0.25) is 0 Å². The van der Waals surface area contributed by atoms with Gasteiger partial charge in [-0.3, -0.25) is 19.3 Å². The number of amides is 2. The van der Waals surface area contributed by atoms with E-state index in [1.165, 1.54) is 0 Å². The number of fused-ring (bicyclic) bond motifs is 1. The van der Waals surface area contributed by atoms with Gasteiger partial charge in [-0.25, -0.2) is 0 Å². The van der Waals surface area contributed by atoms with Gasteiger partial charge in [0.1, 0.15) is 24.1 Å². The molecule has 2 amide bonds. The Morgan fingerprint density at radius 3 is 2.53 bits per heavy atom. The molecule has 2 aromatic carbocycles. The molecule has 2 aliphatic rings. The van der Waals surface area contributed by atoms with Gasteiger partial charge in [0.2, 0.25) is 5.12 Å². The second-order valence-corrected chi connectivity index (χ2v) is 8.58. The molecule has 2 aromatic rings. The van der Waals surface area contributed by atoms with Crippen molar-refractivity contribution >= 4 is 28.0 Å². The first kappa shape index (κ1) is 20.3. The van der Waals surface area contributed by atoms with Crippen LogP contribution in [-0.2, 0) is 11.2 Å². The summed E-state index contributed by atoms with van der Waals surface area (Å²) in [6.45, 7) is 4.41. The Morgan fingerprint density at radius 2 is 1.83 bits per heavy atom. The third kappa shape index (κ3) is 4.14. The van der Waals surface area contributed by atoms with Gasteiger partial charge in [-0.15, -0.1) is 0 Å². The van der Waals surface area contributed by atoms with Crippen molar-refractivity contribution in [3.63, 3.8) is 0 Å². The number of ether oxygens (including phenoxy) is 2. The van der Waals surface area contributed by atoms with Gasteiger partial charge >= 0.3 is 0 Å². The Bertz CT molecular complexity index is 989. The van der Waals surface area contributed by atoms with E-state index in [4.69, 9.17) is 9.47 Å². The number of nitrogens with zero attached hydrogens (tertiary/aromatic N) is 1. The third-order valence-electron chi connectivity index (χ3n) is 5.09. The Labute approximate surface area is 178 Å². The van der Waals surface area contributed by atoms with E-state index in [1.54, 1.807) is 17.0 Å². The molecule has 0 bridgehead atoms. The van der Waals surface area contributed by atoms with Crippen LogP contribution in [0.5, 0.6) is 11.5 Å². The van der Waals surface area contributed by atoms with Gasteiger partial charge in [0, 0.05) is 18.2 Å². The van der Waals surface area contributed by atoms with Crippen molar-refractivity contribution in [3.8, 4) is 11.5 Å². The van der Waals surface area contributed by atoms with E-state index in [1.807, 2.05) is 50.2 Å². The second kappa shape index (κ2) is 8.02. The number of rotatable bonds is 6. The summed E-state index contributed by atoms with van der Waals surface area (Å²) < 4.78 is 11.8. The Hall–Kier alpha value is -3.00. The van der Waals surface area contributed by atoms with Crippen LogP contribution in [0.15, 0.2) is 48.5 Å². The first-order valence-electron chi connectivity index (χ1n) is 9.67. The molecule has 1 saturated heterocycles. The average molecular weight is 426 g/mol. The number of carbonyl (C=O) groups excluding carboxylic acids is 3. The molecule has 156 valence electrons. The molecule has 0 aromatic heterocycles. The van der Waals surface area contributed by atoms with Gasteiger partial charge in [-0.05, 0) is 43.7 Å². The van der Waals surface area contributed by atoms with Crippen LogP contribution in [0.1, 0.15) is 29.8 Å². The smallest absolute Gasteiger partial charge is 0.287 e. The Morgan fingerprint density at radius 1 is 1.10 bits per heavy atom. The van der Waals surface area contributed by atoms with Crippen molar-refractivity contribution in [3.05, 3.63) is 59.7 Å². The highest BCUT2D eigenvalue weighted by Gasteiger charge is 2.39. The molecule has 30 heavy (non-hydrogen) atoms. The number of para-hydroxylation sites is 1. The fourth-order valence-corrected chi connectivity index (χ4v) is 4.23. The third-order valence-corrected chi connectivity index (χ3v) is 5.88. The molecule has 0 spiro atoms. The molecule has 8 heteroatoms. The fraction of sp³-hybridized carbons (Fsp3) is 0.318. The summed E-state index contributed by atoms with van der Waals surface area (Å²) in [6.07, 6.45) is 0.449. The van der Waals surface area contributed by atoms with Crippen LogP contribution in [0.4, 0.5) is 4.79 Å². The minimum absolute atomic E-state index is 0.0815. The van der Waals surface area contributed by atoms with Crippen LogP contribution < -0.4 is 14.8 Å². The zero-order valence-corrected chi connectivity index (χ0v) is 17.5. The minimum Gasteiger partial charge on any atom is -0.492 e. The summed E-state index contributed by atoms with van der Waals surface area (Å²) in [6, 6.07) is 14.1. The van der Waals surface area contributed by atoms with Crippen molar-refractivity contribution in [1.82, 2.24) is 10.2 Å². The summed E-state index contributed by atoms with van der Waals surface area (Å²) in [5, 5.41) is 2.20. The second-order valence-electron chi connectivity index (χ2n) is 7.60. The van der Waals surface area contributed by atoms with Crippen LogP contribution in [0.3, 0.4) is 0 Å². The summed E-state index contributed by atoms with van der Waals surface area (Å²) in [4.78, 5) is 37.5. The standard InChI is InChI=1S/C22H22N2O5S/c1-22(2)24(19(25)16-5-3-4-6-18(16)29-22)11-12-28-15-9-7-14(8-10-15)13-17-20(26)30-21(27)23-17/h3-10,17H,11-13H2,1-2H3,(H,23,27). The maximum Gasteiger partial charge on any atom is 0.287 e. The molecular formula is C22H22N2O5S. The highest BCUT2D eigenvalue weighted by molar-refractivity contribution is 8.26. The lowest BCUT2D eigenvalue weighted by Crippen LogP contribution is -2.55. The number of hydrogen-bond acceptors (Lipinski definition) is 6. The van der Waals surface area contributed by atoms with Gasteiger partial charge in [0.05, 0.1) is 12.1 Å². The molecule has 1 atom stereocenters. The van der Waals surface area contributed by atoms with Crippen molar-refractivity contribution in [1.29, 1.82) is 0 Å². The van der Waals surface area contributed by atoms with E-state index in [0.717, 1.165) is 5.56 Å². The van der Waals surface area contributed by atoms with Gasteiger partial charge in [-0.1, -0.05) is 24.3 Å². The van der Waals surface area contributed by atoms with Crippen molar-refractivity contribution in [2.45, 2.75) is 32.0 Å². The molecule has 0 radical (unpaired) electrons. The number of carbonyl (C=O) groups is 3. The number of benzene rings is 2. The lowest BCUT2D eigenvalue weighted by atomic mass is 10.1. The van der Waals surface area contributed by atoms with E-state index >= 15 is 0 Å². The van der Waals surface area contributed by atoms with Gasteiger partial charge in [0.15, 0.2) is 5.72 Å². The fourth-order valence-electron chi connectivity index (χ4n) is 3.56. The summed E-state index contributed by atoms with van der Waals surface area (Å²) in [5.41, 5.74) is 0.711. The van der Waals surface area contributed by atoms with E-state index in [9.17, 15) is 14.4 Å². The first-order valence-corrected chi connectivity index (χ1v) is 10.5. The number of nitrogens with one attached hydrogen (secondary N) is 1. The first-order chi connectivity index (χ1) is 14.3. The van der Waals surface area contributed by atoms with Crippen molar-refractivity contribution in [2.24, 2.45) is 0 Å². The highest BCUT2D eigenvalue weighted by Crippen LogP contribution is 2.33. The maximum atomic E-state index is 12.9. The minimum atomic E-state index is -0.769. The maximum absolute atomic E-state index is 12.9. The molecule has 0 aliphatic carbocycles. The molecule has 2 heterocycles. The topological polar surface area (TPSA) is 84.9 Å². The summed E-state index contributed by atoms with van der Waals surface area (Å²) in [5.74, 6) is 1.18. The van der Waals surface area contributed by atoms with Crippen LogP contribution in [0.25, 0.3) is 0 Å². The zero-order chi connectivity index (χ0) is 21.3. The normalized spacial score (nSPS) is 19.9. The molecular weight excluding hydrogens is 404 g/mol. The predicted octanol–water partition coefficient (Wildman–Crippen LogP) is 3.23. The van der Waals surface area contributed by atoms with Crippen LogP contribution in [0, 0.1) is 0 Å². The average Bonchev–Trinajstić information content (AvgIpc) is 3.02. The van der Waals surface area contributed by atoms with Gasteiger partial charge in [0.25, 0.3) is 11.1 Å². The molecule has 7 nitrogen and oxygen atoms in total. The largest absolute Gasteiger partial charge is 0.492 e. The number of thioether (sulfide) groups is 1. The molecule has 1 fully saturated rings. The Balaban J connectivity index is 1.33. The van der Waals surface area contributed by atoms with E-state index in [-0.39, 0.29) is 16.3 Å². The monoisotopic (exact) mass is 426 g/mol. The number of hydrogen-bond donors (Lipinski definition) is 1. The predicted molar refractivity (Wildman–Crippen MR) is 113 cm³/mol. The molecule has 2 aliphatic heterocycles. The van der Waals surface area contributed by atoms with E-state index in [2.05, 4.69) is 5.32 Å². The van der Waals surface area contributed by atoms with E-state index in [0.29, 0.717) is 48.4 Å². The van der Waals surface area contributed by atoms with E-state index < -0.39 is 11.8 Å². The van der Waals surface area contributed by atoms with Crippen LogP contribution >= 0.6 is 11.8 Å². The quantitative estimate of drug-likeness (QED) is 0.763. The van der Waals surface area contributed by atoms with Crippen molar-refractivity contribution in [2.75, 3.05) is 13.2 Å². The lowest BCUT2D eigenvalue weighted by molar-refractivity contribution is -0.112. The van der Waals surface area contributed by atoms with Gasteiger partial charge in [-0.2, -0.15) is 0 Å². The molecule has 0 saturated carbocycles. The van der Waals surface area contributed by atoms with Crippen molar-refractivity contribution < 1.29 is 23.9 Å². The zero-order valence-electron chi connectivity index (χ0n) is 16.7. The summed E-state index contributed by atoms with van der Waals surface area (Å²) in [7, 11) is 0. The Kier molecular flexibility index (Phi) is 5.42.